The van der Waals surface area contributed by atoms with E-state index in [4.69, 9.17) is 0 Å². The van der Waals surface area contributed by atoms with Crippen molar-refractivity contribution < 1.29 is 4.39 Å². The largest absolute Gasteiger partial charge is 0.329 e. The molecule has 0 saturated carbocycles. The second-order valence-corrected chi connectivity index (χ2v) is 5.20. The van der Waals surface area contributed by atoms with E-state index in [0.717, 1.165) is 21.5 Å². The van der Waals surface area contributed by atoms with Crippen molar-refractivity contribution >= 4 is 27.4 Å². The van der Waals surface area contributed by atoms with E-state index in [1.807, 2.05) is 31.0 Å². The first kappa shape index (κ1) is 13.0. The number of hydrogen-bond donors (Lipinski definition) is 0. The van der Waals surface area contributed by atoms with Crippen molar-refractivity contribution in [2.24, 2.45) is 0 Å². The van der Waals surface area contributed by atoms with Gasteiger partial charge in [-0.3, -0.25) is 0 Å². The maximum atomic E-state index is 13.3. The number of pyridine rings is 1. The van der Waals surface area contributed by atoms with Crippen molar-refractivity contribution in [3.8, 4) is 0 Å². The monoisotopic (exact) mass is 308 g/mol. The molecule has 0 unspecified atom stereocenters. The second-order valence-electron chi connectivity index (χ2n) is 4.29. The number of hydrogen-bond acceptors (Lipinski definition) is 2. The van der Waals surface area contributed by atoms with E-state index < -0.39 is 0 Å². The van der Waals surface area contributed by atoms with Gasteiger partial charge in [-0.05, 0) is 65.2 Å². The van der Waals surface area contributed by atoms with Crippen molar-refractivity contribution in [1.82, 2.24) is 4.98 Å². The Morgan fingerprint density at radius 2 is 1.89 bits per heavy atom. The van der Waals surface area contributed by atoms with E-state index in [1.54, 1.807) is 19.2 Å². The fourth-order valence-electron chi connectivity index (χ4n) is 1.84. The zero-order valence-corrected chi connectivity index (χ0v) is 12.1. The molecule has 1 aromatic carbocycles. The summed E-state index contributed by atoms with van der Waals surface area (Å²) in [6.45, 7) is 3.76. The maximum Gasteiger partial charge on any atom is 0.135 e. The van der Waals surface area contributed by atoms with Crippen LogP contribution in [-0.2, 0) is 0 Å². The fraction of sp³-hybridized carbons (Fsp3) is 0.214. The number of aromatic nitrogens is 1. The summed E-state index contributed by atoms with van der Waals surface area (Å²) in [6, 6.07) is 7.06. The molecule has 0 spiro atoms. The van der Waals surface area contributed by atoms with E-state index in [0.29, 0.717) is 5.56 Å². The van der Waals surface area contributed by atoms with E-state index in [-0.39, 0.29) is 5.82 Å². The summed E-state index contributed by atoms with van der Waals surface area (Å²) in [5.74, 6) is 0.678. The molecule has 0 saturated heterocycles. The van der Waals surface area contributed by atoms with Gasteiger partial charge in [0.25, 0.3) is 0 Å². The lowest BCUT2D eigenvalue weighted by molar-refractivity contribution is 0.618. The highest BCUT2D eigenvalue weighted by Crippen LogP contribution is 2.27. The number of anilines is 2. The normalized spacial score (nSPS) is 10.5. The number of rotatable bonds is 2. The predicted molar refractivity (Wildman–Crippen MR) is 75.9 cm³/mol. The van der Waals surface area contributed by atoms with Crippen molar-refractivity contribution in [3.63, 3.8) is 0 Å². The first-order valence-corrected chi connectivity index (χ1v) is 6.40. The molecular formula is C14H14BrFN2. The number of halogens is 2. The van der Waals surface area contributed by atoms with Gasteiger partial charge in [0, 0.05) is 23.4 Å². The fourth-order valence-corrected chi connectivity index (χ4v) is 2.29. The summed E-state index contributed by atoms with van der Waals surface area (Å²) in [7, 11) is 1.93. The Morgan fingerprint density at radius 1 is 1.17 bits per heavy atom. The third-order valence-corrected chi connectivity index (χ3v) is 3.30. The Balaban J connectivity index is 2.41. The molecule has 0 radical (unpaired) electrons. The SMILES string of the molecule is Cc1cc(N(C)c2ncc(Br)cc2C)ccc1F. The van der Waals surface area contributed by atoms with Crippen molar-refractivity contribution in [1.29, 1.82) is 0 Å². The predicted octanol–water partition coefficient (Wildman–Crippen LogP) is 4.37. The second kappa shape index (κ2) is 5.06. The van der Waals surface area contributed by atoms with Crippen molar-refractivity contribution in [2.45, 2.75) is 13.8 Å². The van der Waals surface area contributed by atoms with Crippen LogP contribution in [0.3, 0.4) is 0 Å². The van der Waals surface area contributed by atoms with E-state index in [2.05, 4.69) is 20.9 Å². The van der Waals surface area contributed by atoms with Gasteiger partial charge in [0.15, 0.2) is 0 Å². The Morgan fingerprint density at radius 3 is 2.50 bits per heavy atom. The Bertz CT molecular complexity index is 584. The van der Waals surface area contributed by atoms with Crippen LogP contribution in [0.5, 0.6) is 0 Å². The van der Waals surface area contributed by atoms with E-state index in [9.17, 15) is 4.39 Å². The highest BCUT2D eigenvalue weighted by molar-refractivity contribution is 9.10. The van der Waals surface area contributed by atoms with Crippen LogP contribution in [0, 0.1) is 19.7 Å². The third kappa shape index (κ3) is 2.53. The Kier molecular flexibility index (Phi) is 3.66. The van der Waals surface area contributed by atoms with Gasteiger partial charge in [0.1, 0.15) is 11.6 Å². The first-order chi connectivity index (χ1) is 8.49. The third-order valence-electron chi connectivity index (χ3n) is 2.86. The summed E-state index contributed by atoms with van der Waals surface area (Å²) in [5, 5.41) is 0. The van der Waals surface area contributed by atoms with Gasteiger partial charge >= 0.3 is 0 Å². The number of nitrogens with zero attached hydrogens (tertiary/aromatic N) is 2. The van der Waals surface area contributed by atoms with Gasteiger partial charge in [-0.25, -0.2) is 9.37 Å². The number of benzene rings is 1. The van der Waals surface area contributed by atoms with Crippen molar-refractivity contribution in [3.05, 3.63) is 51.9 Å². The summed E-state index contributed by atoms with van der Waals surface area (Å²) in [5.41, 5.74) is 2.62. The van der Waals surface area contributed by atoms with Crippen LogP contribution < -0.4 is 4.90 Å². The molecular weight excluding hydrogens is 295 g/mol. The summed E-state index contributed by atoms with van der Waals surface area (Å²) in [4.78, 5) is 6.34. The van der Waals surface area contributed by atoms with Gasteiger partial charge < -0.3 is 4.90 Å². The molecule has 94 valence electrons. The van der Waals surface area contributed by atoms with Crippen LogP contribution in [-0.4, -0.2) is 12.0 Å². The highest BCUT2D eigenvalue weighted by Gasteiger charge is 2.10. The Labute approximate surface area is 115 Å². The summed E-state index contributed by atoms with van der Waals surface area (Å²) in [6.07, 6.45) is 1.76. The lowest BCUT2D eigenvalue weighted by atomic mass is 10.2. The molecule has 2 nitrogen and oxygen atoms in total. The summed E-state index contributed by atoms with van der Waals surface area (Å²) < 4.78 is 14.2. The molecule has 2 rings (SSSR count). The van der Waals surface area contributed by atoms with Gasteiger partial charge in [-0.15, -0.1) is 0 Å². The van der Waals surface area contributed by atoms with E-state index >= 15 is 0 Å². The van der Waals surface area contributed by atoms with Gasteiger partial charge in [0.2, 0.25) is 0 Å². The van der Waals surface area contributed by atoms with Crippen LogP contribution in [0.4, 0.5) is 15.9 Å². The van der Waals surface area contributed by atoms with Gasteiger partial charge in [0.05, 0.1) is 0 Å². The lowest BCUT2D eigenvalue weighted by Gasteiger charge is -2.21. The molecule has 1 aromatic heterocycles. The molecule has 0 atom stereocenters. The van der Waals surface area contributed by atoms with Crippen LogP contribution in [0.1, 0.15) is 11.1 Å². The maximum absolute atomic E-state index is 13.3. The minimum Gasteiger partial charge on any atom is -0.329 e. The molecule has 18 heavy (non-hydrogen) atoms. The smallest absolute Gasteiger partial charge is 0.135 e. The standard InChI is InChI=1S/C14H14BrFN2/c1-9-7-12(4-5-13(9)16)18(3)14-10(2)6-11(15)8-17-14/h4-8H,1-3H3. The molecule has 0 bridgehead atoms. The van der Waals surface area contributed by atoms with Crippen LogP contribution in [0.25, 0.3) is 0 Å². The molecule has 2 aromatic rings. The molecule has 0 aliphatic carbocycles. The minimum absolute atomic E-state index is 0.187. The lowest BCUT2D eigenvalue weighted by Crippen LogP contribution is -2.13. The zero-order valence-electron chi connectivity index (χ0n) is 10.5. The molecule has 0 N–H and O–H groups in total. The molecule has 1 heterocycles. The average molecular weight is 309 g/mol. The molecule has 0 fully saturated rings. The topological polar surface area (TPSA) is 16.1 Å². The van der Waals surface area contributed by atoms with Crippen LogP contribution >= 0.6 is 15.9 Å². The minimum atomic E-state index is -0.187. The van der Waals surface area contributed by atoms with Crippen molar-refractivity contribution in [2.75, 3.05) is 11.9 Å². The molecule has 0 aliphatic rings. The highest BCUT2D eigenvalue weighted by atomic mass is 79.9. The van der Waals surface area contributed by atoms with Gasteiger partial charge in [-0.2, -0.15) is 0 Å². The quantitative estimate of drug-likeness (QED) is 0.819. The number of aryl methyl sites for hydroxylation is 2. The summed E-state index contributed by atoms with van der Waals surface area (Å²) >= 11 is 3.39. The first-order valence-electron chi connectivity index (χ1n) is 5.61. The zero-order chi connectivity index (χ0) is 13.3. The van der Waals surface area contributed by atoms with Gasteiger partial charge in [-0.1, -0.05) is 0 Å². The molecule has 0 amide bonds. The Hall–Kier alpha value is -1.42. The molecule has 4 heteroatoms. The van der Waals surface area contributed by atoms with Crippen LogP contribution in [0.15, 0.2) is 34.9 Å². The van der Waals surface area contributed by atoms with Crippen LogP contribution in [0.2, 0.25) is 0 Å². The molecule has 0 aliphatic heterocycles. The average Bonchev–Trinajstić information content (AvgIpc) is 2.32. The van der Waals surface area contributed by atoms with E-state index in [1.165, 1.54) is 6.07 Å².